The van der Waals surface area contributed by atoms with Crippen molar-refractivity contribution in [1.29, 1.82) is 0 Å². The highest BCUT2D eigenvalue weighted by Gasteiger charge is 2.45. The molecule has 4 atom stereocenters. The number of nitrogens with zero attached hydrogens (tertiary/aromatic N) is 4. The summed E-state index contributed by atoms with van der Waals surface area (Å²) in [5.74, 6) is -0.248. The van der Waals surface area contributed by atoms with E-state index in [1.54, 1.807) is 4.68 Å². The van der Waals surface area contributed by atoms with Gasteiger partial charge in [0.05, 0.1) is 17.6 Å². The van der Waals surface area contributed by atoms with Crippen LogP contribution < -0.4 is 10.0 Å². The Balaban J connectivity index is 1.48. The van der Waals surface area contributed by atoms with Gasteiger partial charge in [-0.1, -0.05) is 26.0 Å². The topological polar surface area (TPSA) is 147 Å². The molecular weight excluding hydrogens is 436 g/mol. The predicted molar refractivity (Wildman–Crippen MR) is 115 cm³/mol. The number of carbonyl (C=O) groups excluding carboxylic acids is 2. The SMILES string of the molecule is CC(C)(C)[C@H](C(=O)N1CC(O)CC1C(=O)NCC1CCS(=O)(=O)N1)n1cc(C2CC2)nn1. The van der Waals surface area contributed by atoms with Crippen LogP contribution in [0.4, 0.5) is 0 Å². The lowest BCUT2D eigenvalue weighted by molar-refractivity contribution is -0.144. The molecule has 3 aliphatic rings. The smallest absolute Gasteiger partial charge is 0.248 e. The lowest BCUT2D eigenvalue weighted by atomic mass is 9.85. The maximum atomic E-state index is 13.6. The van der Waals surface area contributed by atoms with Crippen LogP contribution in [0.15, 0.2) is 6.20 Å². The number of aromatic nitrogens is 3. The Labute approximate surface area is 188 Å². The van der Waals surface area contributed by atoms with E-state index in [1.165, 1.54) is 4.90 Å². The molecule has 1 aliphatic carbocycles. The fourth-order valence-corrected chi connectivity index (χ4v) is 5.90. The Hall–Kier alpha value is -2.05. The van der Waals surface area contributed by atoms with Gasteiger partial charge in [-0.3, -0.25) is 9.59 Å². The molecule has 3 unspecified atom stereocenters. The van der Waals surface area contributed by atoms with Crippen LogP contribution in [0.2, 0.25) is 0 Å². The molecule has 12 heteroatoms. The van der Waals surface area contributed by atoms with Crippen molar-refractivity contribution in [2.75, 3.05) is 18.8 Å². The molecule has 1 saturated carbocycles. The third kappa shape index (κ3) is 4.96. The number of carbonyl (C=O) groups is 2. The minimum atomic E-state index is -3.27. The second-order valence-corrected chi connectivity index (χ2v) is 12.1. The number of likely N-dealkylation sites (tertiary alicyclic amines) is 1. The summed E-state index contributed by atoms with van der Waals surface area (Å²) < 4.78 is 27.2. The molecule has 0 aromatic carbocycles. The molecule has 3 N–H and O–H groups in total. The molecule has 2 amide bonds. The highest BCUT2D eigenvalue weighted by Crippen LogP contribution is 2.40. The molecule has 2 saturated heterocycles. The molecule has 3 fully saturated rings. The Kier molecular flexibility index (Phi) is 6.05. The first kappa shape index (κ1) is 23.1. The van der Waals surface area contributed by atoms with Crippen LogP contribution in [-0.2, 0) is 19.6 Å². The molecule has 11 nitrogen and oxygen atoms in total. The summed E-state index contributed by atoms with van der Waals surface area (Å²) in [4.78, 5) is 28.0. The number of hydrogen-bond donors (Lipinski definition) is 3. The average Bonchev–Trinajstić information content (AvgIpc) is 3.12. The van der Waals surface area contributed by atoms with Crippen molar-refractivity contribution in [2.45, 2.75) is 76.6 Å². The molecule has 4 rings (SSSR count). The summed E-state index contributed by atoms with van der Waals surface area (Å²) in [5.41, 5.74) is 0.379. The zero-order chi connectivity index (χ0) is 23.3. The van der Waals surface area contributed by atoms with E-state index < -0.39 is 39.5 Å². The lowest BCUT2D eigenvalue weighted by Gasteiger charge is -2.34. The zero-order valence-electron chi connectivity index (χ0n) is 18.7. The minimum Gasteiger partial charge on any atom is -0.391 e. The first-order valence-corrected chi connectivity index (χ1v) is 12.8. The molecule has 3 heterocycles. The van der Waals surface area contributed by atoms with Gasteiger partial charge in [0.15, 0.2) is 0 Å². The molecule has 0 radical (unpaired) electrons. The summed E-state index contributed by atoms with van der Waals surface area (Å²) >= 11 is 0. The van der Waals surface area contributed by atoms with Crippen LogP contribution in [0, 0.1) is 5.41 Å². The van der Waals surface area contributed by atoms with Crippen LogP contribution in [-0.4, -0.2) is 82.3 Å². The van der Waals surface area contributed by atoms with Gasteiger partial charge in [0.1, 0.15) is 12.1 Å². The molecule has 32 heavy (non-hydrogen) atoms. The Morgan fingerprint density at radius 1 is 1.31 bits per heavy atom. The van der Waals surface area contributed by atoms with E-state index in [0.717, 1.165) is 18.5 Å². The highest BCUT2D eigenvalue weighted by atomic mass is 32.2. The van der Waals surface area contributed by atoms with Crippen molar-refractivity contribution < 1.29 is 23.1 Å². The van der Waals surface area contributed by atoms with Crippen molar-refractivity contribution in [3.8, 4) is 0 Å². The first-order chi connectivity index (χ1) is 14.9. The Bertz CT molecular complexity index is 983. The first-order valence-electron chi connectivity index (χ1n) is 11.1. The van der Waals surface area contributed by atoms with Crippen molar-refractivity contribution >= 4 is 21.8 Å². The predicted octanol–water partition coefficient (Wildman–Crippen LogP) is -0.488. The number of hydrogen-bond acceptors (Lipinski definition) is 7. The van der Waals surface area contributed by atoms with E-state index in [-0.39, 0.29) is 37.2 Å². The van der Waals surface area contributed by atoms with Gasteiger partial charge in [-0.2, -0.15) is 0 Å². The van der Waals surface area contributed by atoms with Gasteiger partial charge in [-0.05, 0) is 24.7 Å². The standard InChI is InChI=1S/C20H32N6O5S/c1-20(2,3)17(26-11-15(22-24-26)12-4-5-12)19(29)25-10-14(27)8-16(25)18(28)21-9-13-6-7-32(30,31)23-13/h11-14,16-17,23,27H,4-10H2,1-3H3,(H,21,28)/t13?,14?,16?,17-/m0/s1. The molecule has 1 aromatic heterocycles. The fourth-order valence-electron chi connectivity index (χ4n) is 4.48. The number of rotatable bonds is 6. The van der Waals surface area contributed by atoms with E-state index in [2.05, 4.69) is 20.4 Å². The summed E-state index contributed by atoms with van der Waals surface area (Å²) in [6.45, 7) is 6.00. The van der Waals surface area contributed by atoms with Crippen LogP contribution in [0.3, 0.4) is 0 Å². The van der Waals surface area contributed by atoms with Gasteiger partial charge in [0, 0.05) is 37.7 Å². The fraction of sp³-hybridized carbons (Fsp3) is 0.800. The summed E-state index contributed by atoms with van der Waals surface area (Å²) in [7, 11) is -3.27. The van der Waals surface area contributed by atoms with Crippen LogP contribution >= 0.6 is 0 Å². The monoisotopic (exact) mass is 468 g/mol. The second kappa shape index (κ2) is 8.38. The Morgan fingerprint density at radius 2 is 2.03 bits per heavy atom. The second-order valence-electron chi connectivity index (χ2n) is 10.2. The number of sulfonamides is 1. The van der Waals surface area contributed by atoms with Crippen molar-refractivity contribution in [2.24, 2.45) is 5.41 Å². The highest BCUT2D eigenvalue weighted by molar-refractivity contribution is 7.89. The van der Waals surface area contributed by atoms with E-state index >= 15 is 0 Å². The summed E-state index contributed by atoms with van der Waals surface area (Å²) in [6.07, 6.45) is 3.71. The van der Waals surface area contributed by atoms with E-state index in [0.29, 0.717) is 12.3 Å². The number of aliphatic hydroxyl groups is 1. The Morgan fingerprint density at radius 3 is 2.62 bits per heavy atom. The van der Waals surface area contributed by atoms with Crippen molar-refractivity contribution in [1.82, 2.24) is 29.9 Å². The number of aliphatic hydroxyl groups excluding tert-OH is 1. The molecule has 178 valence electrons. The summed E-state index contributed by atoms with van der Waals surface area (Å²) in [6, 6.07) is -1.87. The molecular formula is C20H32N6O5S. The maximum absolute atomic E-state index is 13.6. The van der Waals surface area contributed by atoms with E-state index in [4.69, 9.17) is 0 Å². The van der Waals surface area contributed by atoms with Gasteiger partial charge in [-0.25, -0.2) is 17.8 Å². The molecule has 0 spiro atoms. The van der Waals surface area contributed by atoms with Gasteiger partial charge < -0.3 is 15.3 Å². The lowest BCUT2D eigenvalue weighted by Crippen LogP contribution is -2.51. The number of amides is 2. The zero-order valence-corrected chi connectivity index (χ0v) is 19.5. The van der Waals surface area contributed by atoms with Crippen LogP contribution in [0.25, 0.3) is 0 Å². The van der Waals surface area contributed by atoms with Crippen LogP contribution in [0.1, 0.15) is 64.1 Å². The average molecular weight is 469 g/mol. The summed E-state index contributed by atoms with van der Waals surface area (Å²) in [5, 5.41) is 21.5. The van der Waals surface area contributed by atoms with Gasteiger partial charge >= 0.3 is 0 Å². The van der Waals surface area contributed by atoms with Gasteiger partial charge in [0.2, 0.25) is 21.8 Å². The van der Waals surface area contributed by atoms with Gasteiger partial charge in [0.25, 0.3) is 0 Å². The largest absolute Gasteiger partial charge is 0.391 e. The quantitative estimate of drug-likeness (QED) is 0.511. The van der Waals surface area contributed by atoms with Gasteiger partial charge in [-0.15, -0.1) is 5.10 Å². The van der Waals surface area contributed by atoms with E-state index in [1.807, 2.05) is 27.0 Å². The van der Waals surface area contributed by atoms with Crippen LogP contribution in [0.5, 0.6) is 0 Å². The van der Waals surface area contributed by atoms with E-state index in [9.17, 15) is 23.1 Å². The molecule has 0 bridgehead atoms. The minimum absolute atomic E-state index is 0.0360. The normalized spacial score (nSPS) is 28.6. The third-order valence-corrected chi connectivity index (χ3v) is 7.78. The number of nitrogens with one attached hydrogen (secondary N) is 2. The third-order valence-electron chi connectivity index (χ3n) is 6.31. The maximum Gasteiger partial charge on any atom is 0.248 e. The van der Waals surface area contributed by atoms with Crippen molar-refractivity contribution in [3.63, 3.8) is 0 Å². The molecule has 1 aromatic rings. The van der Waals surface area contributed by atoms with Crippen molar-refractivity contribution in [3.05, 3.63) is 11.9 Å². The molecule has 2 aliphatic heterocycles. The number of β-amino-alcohol motifs (C(OH)–C–C–N with tert-alkyl or cyclic N) is 1.